The maximum Gasteiger partial charge on any atom is 0.225 e. The number of likely N-dealkylation sites (tertiary alicyclic amines) is 1. The summed E-state index contributed by atoms with van der Waals surface area (Å²) in [5.74, 6) is 0.971. The van der Waals surface area contributed by atoms with Gasteiger partial charge < -0.3 is 15.3 Å². The van der Waals surface area contributed by atoms with E-state index in [0.717, 1.165) is 64.5 Å². The normalized spacial score (nSPS) is 42.0. The predicted molar refractivity (Wildman–Crippen MR) is 108 cm³/mol. The van der Waals surface area contributed by atoms with Gasteiger partial charge in [0, 0.05) is 31.0 Å². The Morgan fingerprint density at radius 1 is 1.11 bits per heavy atom. The number of nitrogens with one attached hydrogen (secondary N) is 1. The van der Waals surface area contributed by atoms with Crippen LogP contribution in [0.5, 0.6) is 0 Å². The van der Waals surface area contributed by atoms with E-state index in [-0.39, 0.29) is 52.9 Å². The molecule has 0 radical (unpaired) electrons. The second-order valence-electron chi connectivity index (χ2n) is 10.5. The molecule has 4 rings (SSSR count). The van der Waals surface area contributed by atoms with E-state index in [0.29, 0.717) is 0 Å². The molecule has 0 spiro atoms. The molecule has 4 aliphatic rings. The molecule has 0 aromatic carbocycles. The van der Waals surface area contributed by atoms with Gasteiger partial charge in [-0.1, -0.05) is 20.8 Å². The maximum absolute atomic E-state index is 13.0. The molecule has 4 fully saturated rings. The summed E-state index contributed by atoms with van der Waals surface area (Å²) in [6, 6.07) is 0.157. The van der Waals surface area contributed by atoms with E-state index in [2.05, 4.69) is 19.2 Å². The number of carbonyl (C=O) groups is 2. The van der Waals surface area contributed by atoms with Gasteiger partial charge in [-0.25, -0.2) is 0 Å². The van der Waals surface area contributed by atoms with Gasteiger partial charge in [-0.15, -0.1) is 0 Å². The van der Waals surface area contributed by atoms with Crippen LogP contribution in [0.4, 0.5) is 0 Å². The van der Waals surface area contributed by atoms with Crippen molar-refractivity contribution in [3.8, 4) is 0 Å². The number of aliphatic hydroxyl groups is 1. The molecule has 3 aliphatic carbocycles. The lowest BCUT2D eigenvalue weighted by atomic mass is 9.51. The molecule has 1 heterocycles. The van der Waals surface area contributed by atoms with Crippen LogP contribution in [0.3, 0.4) is 0 Å². The van der Waals surface area contributed by atoms with Crippen molar-refractivity contribution in [2.45, 2.75) is 84.3 Å². The molecule has 5 heteroatoms. The number of fused-ring (bicyclic) bond motifs is 1. The van der Waals surface area contributed by atoms with Gasteiger partial charge in [-0.3, -0.25) is 9.59 Å². The Hall–Kier alpha value is -1.10. The van der Waals surface area contributed by atoms with Crippen molar-refractivity contribution in [2.75, 3.05) is 13.1 Å². The van der Waals surface area contributed by atoms with E-state index >= 15 is 0 Å². The van der Waals surface area contributed by atoms with Gasteiger partial charge >= 0.3 is 0 Å². The van der Waals surface area contributed by atoms with Gasteiger partial charge in [-0.2, -0.15) is 0 Å². The number of rotatable bonds is 4. The Bertz CT molecular complexity index is 613. The fraction of sp³-hybridized carbons (Fsp3) is 0.913. The van der Waals surface area contributed by atoms with Gasteiger partial charge in [0.2, 0.25) is 11.8 Å². The first-order valence-electron chi connectivity index (χ1n) is 11.6. The molecule has 2 N–H and O–H groups in total. The van der Waals surface area contributed by atoms with Crippen molar-refractivity contribution >= 4 is 11.8 Å². The van der Waals surface area contributed by atoms with Crippen molar-refractivity contribution in [1.29, 1.82) is 0 Å². The summed E-state index contributed by atoms with van der Waals surface area (Å²) < 4.78 is 0. The first-order chi connectivity index (χ1) is 13.3. The zero-order valence-corrected chi connectivity index (χ0v) is 17.8. The highest BCUT2D eigenvalue weighted by Crippen LogP contribution is 2.55. The van der Waals surface area contributed by atoms with Gasteiger partial charge in [0.1, 0.15) is 0 Å². The van der Waals surface area contributed by atoms with Crippen LogP contribution in [0.1, 0.15) is 72.1 Å². The second-order valence-corrected chi connectivity index (χ2v) is 10.5. The first kappa shape index (κ1) is 20.2. The third kappa shape index (κ3) is 3.59. The molecule has 5 nitrogen and oxygen atoms in total. The molecule has 158 valence electrons. The van der Waals surface area contributed by atoms with Crippen LogP contribution >= 0.6 is 0 Å². The average molecular weight is 391 g/mol. The molecule has 0 aromatic heterocycles. The Morgan fingerprint density at radius 2 is 1.75 bits per heavy atom. The van der Waals surface area contributed by atoms with Gasteiger partial charge in [0.25, 0.3) is 0 Å². The second kappa shape index (κ2) is 7.62. The largest absolute Gasteiger partial charge is 0.392 e. The van der Waals surface area contributed by atoms with Crippen molar-refractivity contribution in [1.82, 2.24) is 10.2 Å². The molecule has 1 aliphatic heterocycles. The number of hydrogen-bond acceptors (Lipinski definition) is 3. The van der Waals surface area contributed by atoms with Gasteiger partial charge in [-0.05, 0) is 74.5 Å². The monoisotopic (exact) mass is 390 g/mol. The SMILES string of the molecule is C[C@H]1[C@@H]2[C@@H](O)C([C@H](C)C(=O)N3CCCC3)CC[C@@]2(C)CC[C@@H]1NC(=O)C1CC1. The summed E-state index contributed by atoms with van der Waals surface area (Å²) in [5.41, 5.74) is 0.118. The van der Waals surface area contributed by atoms with Crippen molar-refractivity contribution in [3.05, 3.63) is 0 Å². The minimum atomic E-state index is -0.462. The van der Waals surface area contributed by atoms with E-state index in [1.807, 2.05) is 11.8 Å². The highest BCUT2D eigenvalue weighted by Gasteiger charge is 2.54. The van der Waals surface area contributed by atoms with E-state index in [1.54, 1.807) is 0 Å². The lowest BCUT2D eigenvalue weighted by molar-refractivity contribution is -0.150. The fourth-order valence-corrected chi connectivity index (χ4v) is 6.55. The highest BCUT2D eigenvalue weighted by atomic mass is 16.3. The Balaban J connectivity index is 1.47. The van der Waals surface area contributed by atoms with E-state index in [1.165, 1.54) is 0 Å². The topological polar surface area (TPSA) is 69.6 Å². The summed E-state index contributed by atoms with van der Waals surface area (Å²) in [5, 5.41) is 14.7. The molecular formula is C23H38N2O3. The zero-order chi connectivity index (χ0) is 20.1. The molecular weight excluding hydrogens is 352 g/mol. The first-order valence-corrected chi connectivity index (χ1v) is 11.6. The van der Waals surface area contributed by atoms with Gasteiger partial charge in [0.15, 0.2) is 0 Å². The van der Waals surface area contributed by atoms with Gasteiger partial charge in [0.05, 0.1) is 6.10 Å². The smallest absolute Gasteiger partial charge is 0.225 e. The highest BCUT2D eigenvalue weighted by molar-refractivity contribution is 5.81. The number of carbonyl (C=O) groups excluding carboxylic acids is 2. The van der Waals surface area contributed by atoms with Crippen LogP contribution in [0.25, 0.3) is 0 Å². The van der Waals surface area contributed by atoms with E-state index in [9.17, 15) is 14.7 Å². The van der Waals surface area contributed by atoms with Crippen LogP contribution in [0.15, 0.2) is 0 Å². The molecule has 3 saturated carbocycles. The minimum absolute atomic E-state index is 0.0338. The molecule has 2 amide bonds. The van der Waals surface area contributed by atoms with E-state index < -0.39 is 6.10 Å². The third-order valence-electron chi connectivity index (χ3n) is 8.61. The lowest BCUT2D eigenvalue weighted by Gasteiger charge is -2.56. The quantitative estimate of drug-likeness (QED) is 0.775. The Labute approximate surface area is 169 Å². The van der Waals surface area contributed by atoms with Crippen LogP contribution in [0.2, 0.25) is 0 Å². The number of hydrogen-bond donors (Lipinski definition) is 2. The number of nitrogens with zero attached hydrogens (tertiary/aromatic N) is 1. The van der Waals surface area contributed by atoms with Crippen LogP contribution in [-0.2, 0) is 9.59 Å². The summed E-state index contributed by atoms with van der Waals surface area (Å²) in [7, 11) is 0. The summed E-state index contributed by atoms with van der Waals surface area (Å²) in [6.07, 6.45) is 7.85. The summed E-state index contributed by atoms with van der Waals surface area (Å²) >= 11 is 0. The molecule has 28 heavy (non-hydrogen) atoms. The van der Waals surface area contributed by atoms with Crippen LogP contribution in [-0.4, -0.2) is 47.1 Å². The average Bonchev–Trinajstić information content (AvgIpc) is 3.38. The number of aliphatic hydroxyl groups excluding tert-OH is 1. The fourth-order valence-electron chi connectivity index (χ4n) is 6.55. The Kier molecular flexibility index (Phi) is 5.49. The minimum Gasteiger partial charge on any atom is -0.392 e. The molecule has 1 unspecified atom stereocenters. The van der Waals surface area contributed by atoms with Crippen LogP contribution < -0.4 is 5.32 Å². The summed E-state index contributed by atoms with van der Waals surface area (Å²) in [4.78, 5) is 27.3. The predicted octanol–water partition coefficient (Wildman–Crippen LogP) is 2.96. The number of amides is 2. The lowest BCUT2D eigenvalue weighted by Crippen LogP contribution is -2.58. The molecule has 0 bridgehead atoms. The van der Waals surface area contributed by atoms with E-state index in [4.69, 9.17) is 0 Å². The summed E-state index contributed by atoms with van der Waals surface area (Å²) in [6.45, 7) is 8.30. The van der Waals surface area contributed by atoms with Crippen molar-refractivity contribution in [2.24, 2.45) is 35.0 Å². The van der Waals surface area contributed by atoms with Crippen molar-refractivity contribution in [3.63, 3.8) is 0 Å². The molecule has 7 atom stereocenters. The standard InChI is InChI=1S/C23H38N2O3/c1-14(22(28)25-12-4-5-13-25)17-8-10-23(3)11-9-18(15(2)19(23)20(17)26)24-21(27)16-6-7-16/h14-20,26H,4-13H2,1-3H3,(H,24,27)/t14-,15+,17?,18-,19+,20-,23-/m0/s1. The third-order valence-corrected chi connectivity index (χ3v) is 8.61. The maximum atomic E-state index is 13.0. The Morgan fingerprint density at radius 3 is 2.39 bits per heavy atom. The van der Waals surface area contributed by atoms with Crippen LogP contribution in [0, 0.1) is 35.0 Å². The zero-order valence-electron chi connectivity index (χ0n) is 17.8. The van der Waals surface area contributed by atoms with Crippen molar-refractivity contribution < 1.29 is 14.7 Å². The molecule has 0 aromatic rings. The molecule has 1 saturated heterocycles.